The number of carbonyl (C=O) groups excluding carboxylic acids is 2. The molecule has 0 heterocycles. The number of hydrogen-bond donors (Lipinski definition) is 1. The third-order valence-corrected chi connectivity index (χ3v) is 3.36. The molecule has 0 aliphatic heterocycles. The van der Waals surface area contributed by atoms with Crippen LogP contribution in [0.3, 0.4) is 0 Å². The molecule has 0 radical (unpaired) electrons. The summed E-state index contributed by atoms with van der Waals surface area (Å²) in [7, 11) is 0. The topological polar surface area (TPSA) is 55.4 Å². The number of halogens is 1. The summed E-state index contributed by atoms with van der Waals surface area (Å²) in [6, 6.07) is 10.9. The average molecular weight is 315 g/mol. The maximum Gasteiger partial charge on any atom is 0.339 e. The number of ether oxygens (including phenoxy) is 1. The van der Waals surface area contributed by atoms with Crippen molar-refractivity contribution in [3.8, 4) is 0 Å². The number of anilines is 1. The van der Waals surface area contributed by atoms with E-state index in [0.29, 0.717) is 11.3 Å². The van der Waals surface area contributed by atoms with Gasteiger partial charge in [-0.3, -0.25) is 4.79 Å². The lowest BCUT2D eigenvalue weighted by Gasteiger charge is -2.14. The molecule has 1 N–H and O–H groups in total. The normalized spacial score (nSPS) is 11.7. The summed E-state index contributed by atoms with van der Waals surface area (Å²) >= 11 is 0. The van der Waals surface area contributed by atoms with E-state index >= 15 is 0 Å². The zero-order chi connectivity index (χ0) is 17.0. The molecule has 0 bridgehead atoms. The molecule has 1 atom stereocenters. The van der Waals surface area contributed by atoms with Crippen LogP contribution >= 0.6 is 0 Å². The predicted molar refractivity (Wildman–Crippen MR) is 85.8 cm³/mol. The lowest BCUT2D eigenvalue weighted by Crippen LogP contribution is -2.30. The molecule has 0 fully saturated rings. The average Bonchev–Trinajstić information content (AvgIpc) is 2.49. The summed E-state index contributed by atoms with van der Waals surface area (Å²) in [5, 5.41) is 2.51. The minimum absolute atomic E-state index is 0.310. The summed E-state index contributed by atoms with van der Waals surface area (Å²) in [5.41, 5.74) is 2.44. The molecule has 2 rings (SSSR count). The highest BCUT2D eigenvalue weighted by Crippen LogP contribution is 2.14. The van der Waals surface area contributed by atoms with Gasteiger partial charge in [0.05, 0.1) is 5.56 Å². The SMILES string of the molecule is Cc1ccc(C)c(C(=O)OC(C)C(=O)Nc2cccc(F)c2)c1. The van der Waals surface area contributed by atoms with Crippen molar-refractivity contribution in [2.45, 2.75) is 26.9 Å². The Morgan fingerprint density at radius 2 is 1.87 bits per heavy atom. The van der Waals surface area contributed by atoms with Crippen LogP contribution in [0.4, 0.5) is 10.1 Å². The first-order valence-corrected chi connectivity index (χ1v) is 7.21. The Bertz CT molecular complexity index is 743. The van der Waals surface area contributed by atoms with Gasteiger partial charge in [0.25, 0.3) is 5.91 Å². The monoisotopic (exact) mass is 315 g/mol. The summed E-state index contributed by atoms with van der Waals surface area (Å²) in [4.78, 5) is 24.2. The van der Waals surface area contributed by atoms with Crippen LogP contribution in [0.25, 0.3) is 0 Å². The summed E-state index contributed by atoms with van der Waals surface area (Å²) in [6.45, 7) is 5.14. The number of amides is 1. The van der Waals surface area contributed by atoms with Gasteiger partial charge in [-0.1, -0.05) is 23.8 Å². The molecule has 0 aliphatic rings. The Hall–Kier alpha value is -2.69. The lowest BCUT2D eigenvalue weighted by atomic mass is 10.1. The van der Waals surface area contributed by atoms with E-state index in [-0.39, 0.29) is 0 Å². The summed E-state index contributed by atoms with van der Waals surface area (Å²) < 4.78 is 18.3. The molecule has 0 aliphatic carbocycles. The number of nitrogens with one attached hydrogen (secondary N) is 1. The van der Waals surface area contributed by atoms with Crippen LogP contribution in [-0.2, 0) is 9.53 Å². The molecule has 1 unspecified atom stereocenters. The Balaban J connectivity index is 2.03. The van der Waals surface area contributed by atoms with E-state index in [4.69, 9.17) is 4.74 Å². The van der Waals surface area contributed by atoms with Crippen LogP contribution in [0.15, 0.2) is 42.5 Å². The molecule has 0 saturated heterocycles. The smallest absolute Gasteiger partial charge is 0.339 e. The third-order valence-electron chi connectivity index (χ3n) is 3.36. The van der Waals surface area contributed by atoms with Crippen LogP contribution in [0.2, 0.25) is 0 Å². The molecule has 23 heavy (non-hydrogen) atoms. The zero-order valence-corrected chi connectivity index (χ0v) is 13.2. The van der Waals surface area contributed by atoms with Gasteiger partial charge in [0.1, 0.15) is 5.82 Å². The van der Waals surface area contributed by atoms with Gasteiger partial charge in [-0.2, -0.15) is 0 Å². The number of aryl methyl sites for hydroxylation is 2. The molecule has 0 aromatic heterocycles. The second-order valence-electron chi connectivity index (χ2n) is 5.37. The minimum Gasteiger partial charge on any atom is -0.449 e. The minimum atomic E-state index is -0.995. The van der Waals surface area contributed by atoms with Gasteiger partial charge in [-0.25, -0.2) is 9.18 Å². The first-order valence-electron chi connectivity index (χ1n) is 7.21. The second kappa shape index (κ2) is 7.05. The molecule has 1 amide bonds. The Morgan fingerprint density at radius 1 is 1.13 bits per heavy atom. The van der Waals surface area contributed by atoms with Crippen molar-refractivity contribution < 1.29 is 18.7 Å². The van der Waals surface area contributed by atoms with E-state index < -0.39 is 23.8 Å². The Kier molecular flexibility index (Phi) is 5.11. The largest absolute Gasteiger partial charge is 0.449 e. The van der Waals surface area contributed by atoms with Crippen molar-refractivity contribution in [2.75, 3.05) is 5.32 Å². The summed E-state index contributed by atoms with van der Waals surface area (Å²) in [6.07, 6.45) is -0.995. The van der Waals surface area contributed by atoms with Gasteiger partial charge in [0.15, 0.2) is 6.10 Å². The maximum atomic E-state index is 13.1. The van der Waals surface area contributed by atoms with Crippen molar-refractivity contribution in [3.63, 3.8) is 0 Å². The van der Waals surface area contributed by atoms with E-state index in [1.165, 1.54) is 25.1 Å². The predicted octanol–water partition coefficient (Wildman–Crippen LogP) is 3.63. The number of hydrogen-bond acceptors (Lipinski definition) is 3. The Morgan fingerprint density at radius 3 is 2.57 bits per heavy atom. The molecule has 0 spiro atoms. The van der Waals surface area contributed by atoms with Crippen molar-refractivity contribution in [1.82, 2.24) is 0 Å². The van der Waals surface area contributed by atoms with Crippen LogP contribution in [-0.4, -0.2) is 18.0 Å². The van der Waals surface area contributed by atoms with E-state index in [1.54, 1.807) is 19.1 Å². The first kappa shape index (κ1) is 16.7. The van der Waals surface area contributed by atoms with Crippen molar-refractivity contribution >= 4 is 17.6 Å². The van der Waals surface area contributed by atoms with Gasteiger partial charge in [0, 0.05) is 5.69 Å². The molecule has 5 heteroatoms. The number of rotatable bonds is 4. The molecule has 120 valence electrons. The van der Waals surface area contributed by atoms with Crippen molar-refractivity contribution in [2.24, 2.45) is 0 Å². The quantitative estimate of drug-likeness (QED) is 0.877. The van der Waals surface area contributed by atoms with Gasteiger partial charge in [-0.05, 0) is 50.6 Å². The lowest BCUT2D eigenvalue weighted by molar-refractivity contribution is -0.123. The molecule has 4 nitrogen and oxygen atoms in total. The molecule has 2 aromatic carbocycles. The van der Waals surface area contributed by atoms with Gasteiger partial charge in [-0.15, -0.1) is 0 Å². The van der Waals surface area contributed by atoms with Crippen molar-refractivity contribution in [1.29, 1.82) is 0 Å². The number of carbonyl (C=O) groups is 2. The Labute approximate surface area is 134 Å². The summed E-state index contributed by atoms with van der Waals surface area (Å²) in [5.74, 6) is -1.54. The molecular weight excluding hydrogens is 297 g/mol. The fraction of sp³-hybridized carbons (Fsp3) is 0.222. The zero-order valence-electron chi connectivity index (χ0n) is 13.2. The highest BCUT2D eigenvalue weighted by Gasteiger charge is 2.20. The van der Waals surface area contributed by atoms with Gasteiger partial charge in [0.2, 0.25) is 0 Å². The van der Waals surface area contributed by atoms with E-state index in [2.05, 4.69) is 5.32 Å². The number of benzene rings is 2. The standard InChI is InChI=1S/C18H18FNO3/c1-11-7-8-12(2)16(9-11)18(22)23-13(3)17(21)20-15-6-4-5-14(19)10-15/h4-10,13H,1-3H3,(H,20,21). The van der Waals surface area contributed by atoms with E-state index in [9.17, 15) is 14.0 Å². The third kappa shape index (κ3) is 4.39. The number of esters is 1. The van der Waals surface area contributed by atoms with E-state index in [0.717, 1.165) is 11.1 Å². The second-order valence-corrected chi connectivity index (χ2v) is 5.37. The van der Waals surface area contributed by atoms with Crippen molar-refractivity contribution in [3.05, 3.63) is 65.0 Å². The first-order chi connectivity index (χ1) is 10.9. The highest BCUT2D eigenvalue weighted by molar-refractivity contribution is 5.97. The molecular formula is C18H18FNO3. The van der Waals surface area contributed by atoms with Crippen LogP contribution in [0, 0.1) is 19.7 Å². The fourth-order valence-corrected chi connectivity index (χ4v) is 2.04. The molecule has 2 aromatic rings. The van der Waals surface area contributed by atoms with Crippen LogP contribution in [0.1, 0.15) is 28.4 Å². The molecule has 0 saturated carbocycles. The van der Waals surface area contributed by atoms with Gasteiger partial charge < -0.3 is 10.1 Å². The van der Waals surface area contributed by atoms with Crippen LogP contribution < -0.4 is 5.32 Å². The van der Waals surface area contributed by atoms with Crippen LogP contribution in [0.5, 0.6) is 0 Å². The van der Waals surface area contributed by atoms with Gasteiger partial charge >= 0.3 is 5.97 Å². The van der Waals surface area contributed by atoms with E-state index in [1.807, 2.05) is 19.1 Å². The maximum absolute atomic E-state index is 13.1. The fourth-order valence-electron chi connectivity index (χ4n) is 2.04. The highest BCUT2D eigenvalue weighted by atomic mass is 19.1.